The lowest BCUT2D eigenvalue weighted by atomic mass is 9.85. The molecule has 0 amide bonds. The number of hydrogen-bond donors (Lipinski definition) is 0. The van der Waals surface area contributed by atoms with Gasteiger partial charge in [0, 0.05) is 0 Å². The predicted molar refractivity (Wildman–Crippen MR) is 58.6 cm³/mol. The largest absolute Gasteiger partial charge is 0.0795 e. The molecular formula is C14H11. The highest BCUT2D eigenvalue weighted by Gasteiger charge is 2.14. The highest BCUT2D eigenvalue weighted by atomic mass is 14.2. The van der Waals surface area contributed by atoms with Gasteiger partial charge in [0.05, 0.1) is 0 Å². The molecule has 2 aliphatic carbocycles. The van der Waals surface area contributed by atoms with Crippen LogP contribution in [0.1, 0.15) is 17.5 Å². The van der Waals surface area contributed by atoms with Gasteiger partial charge in [-0.3, -0.25) is 0 Å². The summed E-state index contributed by atoms with van der Waals surface area (Å²) in [5.41, 5.74) is 5.50. The van der Waals surface area contributed by atoms with Crippen molar-refractivity contribution in [1.29, 1.82) is 0 Å². The van der Waals surface area contributed by atoms with Crippen molar-refractivity contribution in [3.05, 3.63) is 64.8 Å². The van der Waals surface area contributed by atoms with Crippen LogP contribution in [0.15, 0.2) is 47.6 Å². The first kappa shape index (κ1) is 7.81. The fourth-order valence-electron chi connectivity index (χ4n) is 2.06. The molecule has 0 bridgehead atoms. The van der Waals surface area contributed by atoms with Gasteiger partial charge in [-0.1, -0.05) is 36.4 Å². The lowest BCUT2D eigenvalue weighted by Crippen LogP contribution is -2.03. The second-order valence-corrected chi connectivity index (χ2v) is 3.74. The summed E-state index contributed by atoms with van der Waals surface area (Å²) in [5.74, 6) is 0. The molecule has 0 heterocycles. The van der Waals surface area contributed by atoms with Crippen molar-refractivity contribution < 1.29 is 0 Å². The van der Waals surface area contributed by atoms with Gasteiger partial charge in [0.15, 0.2) is 0 Å². The molecule has 0 spiro atoms. The van der Waals surface area contributed by atoms with Crippen molar-refractivity contribution in [1.82, 2.24) is 0 Å². The molecule has 1 radical (unpaired) electrons. The normalized spacial score (nSPS) is 18.0. The van der Waals surface area contributed by atoms with E-state index < -0.39 is 0 Å². The minimum Gasteiger partial charge on any atom is -0.0795 e. The van der Waals surface area contributed by atoms with Crippen molar-refractivity contribution in [3.63, 3.8) is 0 Å². The molecule has 0 fully saturated rings. The van der Waals surface area contributed by atoms with Crippen LogP contribution in [0, 0.1) is 6.08 Å². The maximum absolute atomic E-state index is 3.42. The number of hydrogen-bond acceptors (Lipinski definition) is 0. The molecule has 0 N–H and O–H groups in total. The number of rotatable bonds is 0. The Hall–Kier alpha value is -1.56. The highest BCUT2D eigenvalue weighted by Crippen LogP contribution is 2.30. The Labute approximate surface area is 84.3 Å². The maximum Gasteiger partial charge on any atom is -0.00109 e. The Bertz CT molecular complexity index is 459. The number of benzene rings is 1. The minimum absolute atomic E-state index is 0.967. The average molecular weight is 179 g/mol. The third kappa shape index (κ3) is 1.15. The molecule has 0 unspecified atom stereocenters. The van der Waals surface area contributed by atoms with Gasteiger partial charge in [0.2, 0.25) is 0 Å². The van der Waals surface area contributed by atoms with E-state index in [1.54, 1.807) is 0 Å². The van der Waals surface area contributed by atoms with E-state index in [1.807, 2.05) is 0 Å². The van der Waals surface area contributed by atoms with E-state index in [4.69, 9.17) is 0 Å². The Morgan fingerprint density at radius 3 is 3.07 bits per heavy atom. The lowest BCUT2D eigenvalue weighted by molar-refractivity contribution is 1.08. The zero-order valence-electron chi connectivity index (χ0n) is 7.96. The van der Waals surface area contributed by atoms with Crippen LogP contribution in [0.4, 0.5) is 0 Å². The van der Waals surface area contributed by atoms with Gasteiger partial charge in [0.1, 0.15) is 0 Å². The quantitative estimate of drug-likeness (QED) is 0.573. The number of fused-ring (bicyclic) bond motifs is 2. The van der Waals surface area contributed by atoms with Gasteiger partial charge in [-0.25, -0.2) is 0 Å². The maximum atomic E-state index is 3.42. The van der Waals surface area contributed by atoms with Gasteiger partial charge in [0.25, 0.3) is 0 Å². The van der Waals surface area contributed by atoms with Crippen molar-refractivity contribution in [2.24, 2.45) is 0 Å². The highest BCUT2D eigenvalue weighted by molar-refractivity contribution is 5.69. The molecule has 67 valence electrons. The van der Waals surface area contributed by atoms with Gasteiger partial charge < -0.3 is 0 Å². The summed E-state index contributed by atoms with van der Waals surface area (Å²) in [4.78, 5) is 0. The molecule has 0 saturated carbocycles. The first-order chi connectivity index (χ1) is 6.93. The van der Waals surface area contributed by atoms with Crippen LogP contribution in [0.5, 0.6) is 0 Å². The summed E-state index contributed by atoms with van der Waals surface area (Å²) in [6.07, 6.45) is 12.1. The first-order valence-electron chi connectivity index (χ1n) is 5.00. The van der Waals surface area contributed by atoms with Gasteiger partial charge in [-0.15, -0.1) is 0 Å². The van der Waals surface area contributed by atoms with E-state index in [2.05, 4.69) is 48.6 Å². The molecule has 0 aliphatic heterocycles. The summed E-state index contributed by atoms with van der Waals surface area (Å²) in [5, 5.41) is 0. The fraction of sp³-hybridized carbons (Fsp3) is 0.143. The molecule has 0 aromatic heterocycles. The topological polar surface area (TPSA) is 0 Å². The van der Waals surface area contributed by atoms with Crippen molar-refractivity contribution in [3.8, 4) is 0 Å². The molecule has 14 heavy (non-hydrogen) atoms. The predicted octanol–water partition coefficient (Wildman–Crippen LogP) is 3.32. The molecular weight excluding hydrogens is 168 g/mol. The standard InChI is InChI=1S/C14H11/c1-2-6-12-10-14-8-4-3-7-13(14)9-11(12)5-1/h1-3,5-7,9H,4,10H2. The zero-order chi connectivity index (χ0) is 9.38. The van der Waals surface area contributed by atoms with Crippen LogP contribution >= 0.6 is 0 Å². The van der Waals surface area contributed by atoms with E-state index in [9.17, 15) is 0 Å². The monoisotopic (exact) mass is 179 g/mol. The summed E-state index contributed by atoms with van der Waals surface area (Å²) in [6, 6.07) is 8.59. The fourth-order valence-corrected chi connectivity index (χ4v) is 2.06. The Morgan fingerprint density at radius 1 is 1.14 bits per heavy atom. The summed E-state index contributed by atoms with van der Waals surface area (Å²) >= 11 is 0. The van der Waals surface area contributed by atoms with E-state index >= 15 is 0 Å². The second kappa shape index (κ2) is 2.98. The second-order valence-electron chi connectivity index (χ2n) is 3.74. The Morgan fingerprint density at radius 2 is 2.07 bits per heavy atom. The van der Waals surface area contributed by atoms with Crippen LogP contribution in [-0.4, -0.2) is 0 Å². The van der Waals surface area contributed by atoms with Crippen molar-refractivity contribution in [2.75, 3.05) is 0 Å². The molecule has 0 nitrogen and oxygen atoms in total. The Balaban J connectivity index is 2.17. The molecule has 2 aliphatic rings. The molecule has 1 aromatic carbocycles. The SMILES string of the molecule is [C]1=C2Cc3ccccc3C=C2C=CC1. The Kier molecular flexibility index (Phi) is 1.66. The zero-order valence-corrected chi connectivity index (χ0v) is 7.96. The van der Waals surface area contributed by atoms with Gasteiger partial charge in [-0.05, 0) is 47.3 Å². The van der Waals surface area contributed by atoms with Gasteiger partial charge >= 0.3 is 0 Å². The molecule has 3 rings (SSSR count). The van der Waals surface area contributed by atoms with Crippen molar-refractivity contribution >= 4 is 6.08 Å². The molecule has 0 saturated heterocycles. The average Bonchev–Trinajstić information content (AvgIpc) is 2.26. The number of allylic oxidation sites excluding steroid dienone is 5. The smallest absolute Gasteiger partial charge is 0.00109 e. The van der Waals surface area contributed by atoms with Crippen LogP contribution in [0.2, 0.25) is 0 Å². The van der Waals surface area contributed by atoms with Crippen LogP contribution in [0.25, 0.3) is 6.08 Å². The summed E-state index contributed by atoms with van der Waals surface area (Å²) < 4.78 is 0. The van der Waals surface area contributed by atoms with E-state index in [0.29, 0.717) is 0 Å². The van der Waals surface area contributed by atoms with E-state index in [1.165, 1.54) is 22.3 Å². The van der Waals surface area contributed by atoms with Crippen molar-refractivity contribution in [2.45, 2.75) is 12.8 Å². The van der Waals surface area contributed by atoms with Crippen LogP contribution in [-0.2, 0) is 6.42 Å². The van der Waals surface area contributed by atoms with Gasteiger partial charge in [-0.2, -0.15) is 0 Å². The minimum atomic E-state index is 0.967. The third-order valence-corrected chi connectivity index (χ3v) is 2.81. The van der Waals surface area contributed by atoms with Crippen LogP contribution < -0.4 is 0 Å². The third-order valence-electron chi connectivity index (χ3n) is 2.81. The molecule has 0 atom stereocenters. The summed E-state index contributed by atoms with van der Waals surface area (Å²) in [6.45, 7) is 0. The summed E-state index contributed by atoms with van der Waals surface area (Å²) in [7, 11) is 0. The first-order valence-corrected chi connectivity index (χ1v) is 5.00. The van der Waals surface area contributed by atoms with E-state index in [0.717, 1.165) is 12.8 Å². The molecule has 0 heteroatoms. The molecule has 1 aromatic rings. The lowest BCUT2D eigenvalue weighted by Gasteiger charge is -2.19. The van der Waals surface area contributed by atoms with E-state index in [-0.39, 0.29) is 0 Å². The van der Waals surface area contributed by atoms with Crippen LogP contribution in [0.3, 0.4) is 0 Å².